The zero-order valence-corrected chi connectivity index (χ0v) is 12.5. The van der Waals surface area contributed by atoms with Crippen molar-refractivity contribution < 1.29 is 0 Å². The molecule has 0 aliphatic carbocycles. The standard InChI is InChI=1S/C15H23N5/c1-4-5-13-6-8-14(9-7-13)20-15(17-18-19-20)11-16-10-12(2)3/h6-9,12,16H,4-5,10-11H2,1-3H3. The van der Waals surface area contributed by atoms with Crippen LogP contribution in [-0.2, 0) is 13.0 Å². The molecule has 0 radical (unpaired) electrons. The van der Waals surface area contributed by atoms with Crippen LogP contribution in [0.1, 0.15) is 38.6 Å². The molecule has 0 bridgehead atoms. The molecule has 0 aliphatic heterocycles. The molecule has 108 valence electrons. The van der Waals surface area contributed by atoms with E-state index in [1.165, 1.54) is 5.56 Å². The minimum Gasteiger partial charge on any atom is -0.310 e. The molecule has 20 heavy (non-hydrogen) atoms. The van der Waals surface area contributed by atoms with E-state index < -0.39 is 0 Å². The molecule has 0 amide bonds. The second-order valence-corrected chi connectivity index (χ2v) is 5.45. The van der Waals surface area contributed by atoms with Crippen LogP contribution in [0.15, 0.2) is 24.3 Å². The molecule has 2 aromatic rings. The highest BCUT2D eigenvalue weighted by Crippen LogP contribution is 2.11. The van der Waals surface area contributed by atoms with Crippen molar-refractivity contribution in [2.75, 3.05) is 6.54 Å². The highest BCUT2D eigenvalue weighted by molar-refractivity contribution is 5.34. The predicted molar refractivity (Wildman–Crippen MR) is 79.7 cm³/mol. The van der Waals surface area contributed by atoms with Crippen molar-refractivity contribution in [1.82, 2.24) is 25.5 Å². The van der Waals surface area contributed by atoms with E-state index in [-0.39, 0.29) is 0 Å². The van der Waals surface area contributed by atoms with Crippen LogP contribution < -0.4 is 5.32 Å². The molecule has 0 saturated carbocycles. The first-order valence-corrected chi connectivity index (χ1v) is 7.28. The SMILES string of the molecule is CCCc1ccc(-n2nnnc2CNCC(C)C)cc1. The van der Waals surface area contributed by atoms with Crippen LogP contribution in [0.3, 0.4) is 0 Å². The second kappa shape index (κ2) is 7.14. The lowest BCUT2D eigenvalue weighted by atomic mass is 10.1. The van der Waals surface area contributed by atoms with Crippen molar-refractivity contribution in [1.29, 1.82) is 0 Å². The third kappa shape index (κ3) is 3.87. The Morgan fingerprint density at radius 1 is 1.20 bits per heavy atom. The summed E-state index contributed by atoms with van der Waals surface area (Å²) < 4.78 is 1.79. The molecule has 1 aromatic carbocycles. The maximum Gasteiger partial charge on any atom is 0.170 e. The number of nitrogens with one attached hydrogen (secondary N) is 1. The van der Waals surface area contributed by atoms with Crippen LogP contribution in [-0.4, -0.2) is 26.8 Å². The predicted octanol–water partition coefficient (Wildman–Crippen LogP) is 2.36. The first-order valence-electron chi connectivity index (χ1n) is 7.28. The lowest BCUT2D eigenvalue weighted by Gasteiger charge is -2.08. The highest BCUT2D eigenvalue weighted by atomic mass is 15.5. The molecule has 0 atom stereocenters. The van der Waals surface area contributed by atoms with Gasteiger partial charge < -0.3 is 5.32 Å². The summed E-state index contributed by atoms with van der Waals surface area (Å²) in [6.07, 6.45) is 2.27. The first kappa shape index (κ1) is 14.7. The Balaban J connectivity index is 2.06. The molecule has 0 unspecified atom stereocenters. The van der Waals surface area contributed by atoms with Crippen molar-refractivity contribution in [3.63, 3.8) is 0 Å². The van der Waals surface area contributed by atoms with Crippen molar-refractivity contribution in [3.8, 4) is 5.69 Å². The van der Waals surface area contributed by atoms with Crippen LogP contribution in [0.4, 0.5) is 0 Å². The number of nitrogens with zero attached hydrogens (tertiary/aromatic N) is 4. The van der Waals surface area contributed by atoms with E-state index in [0.29, 0.717) is 12.5 Å². The molecular formula is C15H23N5. The van der Waals surface area contributed by atoms with Crippen molar-refractivity contribution in [2.45, 2.75) is 40.2 Å². The van der Waals surface area contributed by atoms with Gasteiger partial charge in [-0.2, -0.15) is 4.68 Å². The Morgan fingerprint density at radius 3 is 2.60 bits per heavy atom. The third-order valence-electron chi connectivity index (χ3n) is 3.09. The van der Waals surface area contributed by atoms with Gasteiger partial charge >= 0.3 is 0 Å². The van der Waals surface area contributed by atoms with Gasteiger partial charge in [0.25, 0.3) is 0 Å². The van der Waals surface area contributed by atoms with Crippen LogP contribution in [0.2, 0.25) is 0 Å². The monoisotopic (exact) mass is 273 g/mol. The average molecular weight is 273 g/mol. The molecule has 5 heteroatoms. The van der Waals surface area contributed by atoms with Crippen LogP contribution in [0.25, 0.3) is 5.69 Å². The van der Waals surface area contributed by atoms with Gasteiger partial charge in [-0.05, 0) is 47.0 Å². The summed E-state index contributed by atoms with van der Waals surface area (Å²) >= 11 is 0. The molecule has 1 N–H and O–H groups in total. The van der Waals surface area contributed by atoms with Gasteiger partial charge in [0.1, 0.15) is 0 Å². The van der Waals surface area contributed by atoms with Gasteiger partial charge in [0, 0.05) is 0 Å². The fourth-order valence-corrected chi connectivity index (χ4v) is 2.08. The maximum atomic E-state index is 4.09. The van der Waals surface area contributed by atoms with Gasteiger partial charge in [-0.15, -0.1) is 5.10 Å². The van der Waals surface area contributed by atoms with Crippen molar-refractivity contribution in [2.24, 2.45) is 5.92 Å². The van der Waals surface area contributed by atoms with Crippen LogP contribution >= 0.6 is 0 Å². The van der Waals surface area contributed by atoms with Gasteiger partial charge in [-0.3, -0.25) is 0 Å². The summed E-state index contributed by atoms with van der Waals surface area (Å²) in [5, 5.41) is 15.3. The Labute approximate surface area is 120 Å². The second-order valence-electron chi connectivity index (χ2n) is 5.45. The smallest absolute Gasteiger partial charge is 0.170 e. The first-order chi connectivity index (χ1) is 9.70. The van der Waals surface area contributed by atoms with E-state index in [1.54, 1.807) is 4.68 Å². The Kier molecular flexibility index (Phi) is 5.24. The van der Waals surface area contributed by atoms with Gasteiger partial charge in [-0.1, -0.05) is 39.3 Å². The number of benzene rings is 1. The number of hydrogen-bond acceptors (Lipinski definition) is 4. The molecule has 0 aliphatic rings. The van der Waals surface area contributed by atoms with E-state index in [2.05, 4.69) is 65.9 Å². The van der Waals surface area contributed by atoms with Crippen molar-refractivity contribution >= 4 is 0 Å². The molecule has 0 spiro atoms. The molecule has 5 nitrogen and oxygen atoms in total. The van der Waals surface area contributed by atoms with Crippen LogP contribution in [0, 0.1) is 5.92 Å². The van der Waals surface area contributed by atoms with Gasteiger partial charge in [0.15, 0.2) is 5.82 Å². The average Bonchev–Trinajstić information content (AvgIpc) is 2.88. The number of aromatic nitrogens is 4. The molecule has 2 rings (SSSR count). The molecule has 1 aromatic heterocycles. The maximum absolute atomic E-state index is 4.09. The van der Waals surface area contributed by atoms with E-state index in [1.807, 2.05) is 0 Å². The lowest BCUT2D eigenvalue weighted by molar-refractivity contribution is 0.537. The summed E-state index contributed by atoms with van der Waals surface area (Å²) in [7, 11) is 0. The minimum absolute atomic E-state index is 0.618. The number of rotatable bonds is 7. The Morgan fingerprint density at radius 2 is 1.95 bits per heavy atom. The largest absolute Gasteiger partial charge is 0.310 e. The number of tetrazole rings is 1. The Hall–Kier alpha value is -1.75. The van der Waals surface area contributed by atoms with E-state index in [4.69, 9.17) is 0 Å². The fourth-order valence-electron chi connectivity index (χ4n) is 2.08. The topological polar surface area (TPSA) is 55.6 Å². The summed E-state index contributed by atoms with van der Waals surface area (Å²) in [6, 6.07) is 8.44. The molecular weight excluding hydrogens is 250 g/mol. The Bertz CT molecular complexity index is 515. The zero-order valence-electron chi connectivity index (χ0n) is 12.5. The normalized spacial score (nSPS) is 11.2. The van der Waals surface area contributed by atoms with Gasteiger partial charge in [-0.25, -0.2) is 0 Å². The highest BCUT2D eigenvalue weighted by Gasteiger charge is 2.08. The quantitative estimate of drug-likeness (QED) is 0.841. The lowest BCUT2D eigenvalue weighted by Crippen LogP contribution is -2.21. The molecule has 1 heterocycles. The molecule has 0 fully saturated rings. The summed E-state index contributed by atoms with van der Waals surface area (Å²) in [5.41, 5.74) is 2.36. The van der Waals surface area contributed by atoms with Crippen LogP contribution in [0.5, 0.6) is 0 Å². The summed E-state index contributed by atoms with van der Waals surface area (Å²) in [5.74, 6) is 1.46. The van der Waals surface area contributed by atoms with E-state index in [0.717, 1.165) is 30.9 Å². The summed E-state index contributed by atoms with van der Waals surface area (Å²) in [6.45, 7) is 8.20. The summed E-state index contributed by atoms with van der Waals surface area (Å²) in [4.78, 5) is 0. The fraction of sp³-hybridized carbons (Fsp3) is 0.533. The van der Waals surface area contributed by atoms with Gasteiger partial charge in [0.2, 0.25) is 0 Å². The third-order valence-corrected chi connectivity index (χ3v) is 3.09. The molecule has 0 saturated heterocycles. The van der Waals surface area contributed by atoms with E-state index in [9.17, 15) is 0 Å². The zero-order chi connectivity index (χ0) is 14.4. The van der Waals surface area contributed by atoms with Crippen molar-refractivity contribution in [3.05, 3.63) is 35.7 Å². The van der Waals surface area contributed by atoms with E-state index >= 15 is 0 Å². The minimum atomic E-state index is 0.618. The number of hydrogen-bond donors (Lipinski definition) is 1. The van der Waals surface area contributed by atoms with Gasteiger partial charge in [0.05, 0.1) is 12.2 Å². The number of aryl methyl sites for hydroxylation is 1.